The molecule has 16 aromatic heterocycles. The molecule has 4 saturated heterocycles. The monoisotopic (exact) mass is 1510 g/mol. The minimum atomic E-state index is -0.0787. The molecule has 3 N–H and O–H groups in total. The van der Waals surface area contributed by atoms with Gasteiger partial charge < -0.3 is 58.1 Å². The van der Waals surface area contributed by atoms with Crippen LogP contribution in [0.3, 0.4) is 0 Å². The number of anilines is 4. The summed E-state index contributed by atoms with van der Waals surface area (Å²) in [5.41, 5.74) is 20.1. The third-order valence-electron chi connectivity index (χ3n) is 21.3. The first-order valence-corrected chi connectivity index (χ1v) is 38.6. The van der Waals surface area contributed by atoms with E-state index in [1.165, 1.54) is 0 Å². The molecule has 4 aliphatic rings. The van der Waals surface area contributed by atoms with Gasteiger partial charge in [0.15, 0.2) is 0 Å². The molecule has 28 heteroatoms. The fourth-order valence-corrected chi connectivity index (χ4v) is 15.7. The van der Waals surface area contributed by atoms with Crippen molar-refractivity contribution in [3.63, 3.8) is 0 Å². The zero-order valence-electron chi connectivity index (χ0n) is 64.6. The van der Waals surface area contributed by atoms with Crippen LogP contribution < -0.4 is 57.8 Å². The van der Waals surface area contributed by atoms with Crippen LogP contribution in [0.15, 0.2) is 215 Å². The van der Waals surface area contributed by atoms with Crippen molar-refractivity contribution < 1.29 is 0 Å². The molecule has 4 fully saturated rings. The second-order valence-corrected chi connectivity index (χ2v) is 30.2. The van der Waals surface area contributed by atoms with Crippen molar-refractivity contribution in [3.8, 4) is 45.0 Å². The first-order valence-electron chi connectivity index (χ1n) is 38.6. The number of imidazole rings is 4. The number of piperazine rings is 3. The minimum Gasteiger partial charge on any atom is -0.369 e. The molecule has 20 rings (SSSR count). The van der Waals surface area contributed by atoms with Crippen LogP contribution >= 0.6 is 0 Å². The minimum absolute atomic E-state index is 0.0714. The predicted octanol–water partition coefficient (Wildman–Crippen LogP) is 8.81. The highest BCUT2D eigenvalue weighted by atomic mass is 16.1. The van der Waals surface area contributed by atoms with Crippen molar-refractivity contribution in [3.05, 3.63) is 260 Å². The highest BCUT2D eigenvalue weighted by molar-refractivity contribution is 5.69. The molecule has 113 heavy (non-hydrogen) atoms. The largest absolute Gasteiger partial charge is 0.369 e. The summed E-state index contributed by atoms with van der Waals surface area (Å²) in [6.07, 6.45) is 24.4. The van der Waals surface area contributed by atoms with Gasteiger partial charge in [0.2, 0.25) is 0 Å². The second-order valence-electron chi connectivity index (χ2n) is 30.2. The Morgan fingerprint density at radius 2 is 0.628 bits per heavy atom. The number of likely N-dealkylation sites (N-methyl/N-ethyl adjacent to an activating group) is 1. The van der Waals surface area contributed by atoms with E-state index in [4.69, 9.17) is 19.9 Å². The summed E-state index contributed by atoms with van der Waals surface area (Å²) in [5.74, 6) is 0. The fraction of sp³-hybridized carbons (Fsp3) is 0.294. The molecule has 0 saturated carbocycles. The van der Waals surface area contributed by atoms with Gasteiger partial charge in [-0.1, -0.05) is 0 Å². The smallest absolute Gasteiger partial charge is 0.258 e. The number of fused-ring (bicyclic) bond motifs is 8. The topological polar surface area (TPSA) is 259 Å². The van der Waals surface area contributed by atoms with E-state index in [1.807, 2.05) is 199 Å². The lowest BCUT2D eigenvalue weighted by Crippen LogP contribution is -2.54. The average molecular weight is 1510 g/mol. The number of aryl methyl sites for hydroxylation is 4. The van der Waals surface area contributed by atoms with Crippen molar-refractivity contribution in [2.75, 3.05) is 112 Å². The summed E-state index contributed by atoms with van der Waals surface area (Å²) in [7, 11) is 2.14. The molecule has 4 aliphatic heterocycles. The van der Waals surface area contributed by atoms with E-state index in [1.54, 1.807) is 41.9 Å². The molecule has 574 valence electrons. The Kier molecular flexibility index (Phi) is 19.9. The Balaban J connectivity index is 0.000000109. The molecule has 0 aliphatic carbocycles. The van der Waals surface area contributed by atoms with Gasteiger partial charge in [0.1, 0.15) is 45.2 Å². The molecule has 0 amide bonds. The van der Waals surface area contributed by atoms with Crippen LogP contribution in [0.2, 0.25) is 0 Å². The van der Waals surface area contributed by atoms with Gasteiger partial charge in [-0.3, -0.25) is 36.8 Å². The Hall–Kier alpha value is -12.8. The van der Waals surface area contributed by atoms with Gasteiger partial charge in [-0.2, -0.15) is 0 Å². The van der Waals surface area contributed by atoms with E-state index in [0.29, 0.717) is 63.5 Å². The molecule has 20 heterocycles. The number of pyridine rings is 8. The van der Waals surface area contributed by atoms with Crippen molar-refractivity contribution >= 4 is 67.9 Å². The molecular formula is C85H90N24O4. The van der Waals surface area contributed by atoms with Gasteiger partial charge in [0.25, 0.3) is 22.2 Å². The Bertz CT molecular complexity index is 6340. The van der Waals surface area contributed by atoms with E-state index in [-0.39, 0.29) is 22.2 Å². The number of rotatable bonds is 8. The molecular weight excluding hydrogens is 1420 g/mol. The first kappa shape index (κ1) is 73.1. The van der Waals surface area contributed by atoms with Gasteiger partial charge in [-0.05, 0) is 166 Å². The van der Waals surface area contributed by atoms with E-state index < -0.39 is 0 Å². The molecule has 16 aromatic rings. The lowest BCUT2D eigenvalue weighted by atomic mass is 10.1. The van der Waals surface area contributed by atoms with Gasteiger partial charge >= 0.3 is 0 Å². The van der Waals surface area contributed by atoms with Gasteiger partial charge in [-0.25, -0.2) is 39.9 Å². The third-order valence-corrected chi connectivity index (χ3v) is 21.3. The van der Waals surface area contributed by atoms with Crippen LogP contribution in [0.5, 0.6) is 0 Å². The Labute approximate surface area is 650 Å². The fourth-order valence-electron chi connectivity index (χ4n) is 15.7. The zero-order chi connectivity index (χ0) is 77.7. The summed E-state index contributed by atoms with van der Waals surface area (Å²) in [6, 6.07) is 39.2. The molecule has 3 atom stereocenters. The maximum Gasteiger partial charge on any atom is 0.258 e. The van der Waals surface area contributed by atoms with E-state index >= 15 is 0 Å². The van der Waals surface area contributed by atoms with Crippen LogP contribution in [0.1, 0.15) is 50.0 Å². The van der Waals surface area contributed by atoms with Crippen LogP contribution in [0.25, 0.3) is 90.2 Å². The van der Waals surface area contributed by atoms with Crippen LogP contribution in [0, 0.1) is 27.7 Å². The summed E-state index contributed by atoms with van der Waals surface area (Å²) in [4.78, 5) is 99.6. The molecule has 0 unspecified atom stereocenters. The highest BCUT2D eigenvalue weighted by Crippen LogP contribution is 2.27. The maximum atomic E-state index is 12.9. The van der Waals surface area contributed by atoms with Crippen molar-refractivity contribution in [1.29, 1.82) is 0 Å². The number of hydrogen-bond acceptors (Lipinski definition) is 20. The van der Waals surface area contributed by atoms with E-state index in [2.05, 4.69) is 106 Å². The van der Waals surface area contributed by atoms with E-state index in [9.17, 15) is 19.2 Å². The summed E-state index contributed by atoms with van der Waals surface area (Å²) < 4.78 is 14.4. The summed E-state index contributed by atoms with van der Waals surface area (Å²) >= 11 is 0. The molecule has 0 spiro atoms. The van der Waals surface area contributed by atoms with Gasteiger partial charge in [0.05, 0.1) is 68.3 Å². The number of hydrogen-bond donors (Lipinski definition) is 3. The SMILES string of the molecule is Cc1cn2cc(-c3cc(=O)n4cc(N5CCCNCC5)ccc4n3)ccc2n1.Cc1cn2cc(-c3cc(=O)n4cc(N5CCN(C)CC5)ccc4n3)ccc2n1.Cc1cn2cc(-c3cc(=O)n4cc(N5CCN[C@@H](C)C5)ccc4n3)ccc2n1.Cc1cn2cc(-c3cc(=O)n4cc(N5C[C@@H](C)N[C@@H](C)C5)ccc4n3)ccc2n1. The van der Waals surface area contributed by atoms with Crippen LogP contribution in [-0.2, 0) is 0 Å². The van der Waals surface area contributed by atoms with Crippen molar-refractivity contribution in [1.82, 2.24) is 95.9 Å². The number of nitrogens with zero attached hydrogens (tertiary/aromatic N) is 21. The van der Waals surface area contributed by atoms with Crippen LogP contribution in [-0.4, -0.2) is 190 Å². The lowest BCUT2D eigenvalue weighted by molar-refractivity contribution is 0.313. The normalized spacial score (nSPS) is 17.1. The van der Waals surface area contributed by atoms with Gasteiger partial charge in [0, 0.05) is 218 Å². The second kappa shape index (κ2) is 30.8. The molecule has 0 aromatic carbocycles. The average Bonchev–Trinajstić information content (AvgIpc) is 1.65. The van der Waals surface area contributed by atoms with Crippen LogP contribution in [0.4, 0.5) is 22.7 Å². The summed E-state index contributed by atoms with van der Waals surface area (Å²) in [5, 5.41) is 10.4. The predicted molar refractivity (Wildman–Crippen MR) is 445 cm³/mol. The Morgan fingerprint density at radius 3 is 0.991 bits per heavy atom. The quantitative estimate of drug-likeness (QED) is 0.128. The molecule has 28 nitrogen and oxygen atoms in total. The maximum absolute atomic E-state index is 12.9. The third kappa shape index (κ3) is 15.7. The Morgan fingerprint density at radius 1 is 0.310 bits per heavy atom. The molecule has 0 bridgehead atoms. The lowest BCUT2D eigenvalue weighted by Gasteiger charge is -2.37. The molecule has 0 radical (unpaired) electrons. The number of nitrogens with one attached hydrogen (secondary N) is 3. The zero-order valence-corrected chi connectivity index (χ0v) is 64.6. The first-order chi connectivity index (χ1) is 54.8. The van der Waals surface area contributed by atoms with E-state index in [0.717, 1.165) is 182 Å². The standard InChI is InChI=1S/C22H24N6O.3C21H22N6O/c1-14-9-26(10-15(2)23-14)18-5-7-21-25-19(8-22(29)28(21)13-18)17-4-6-20-24-16(3)11-27(20)12-17;1-15-12-26-13-16(3-5-19(26)22-15)18-11-21(28)27-14-17(4-6-20(27)23-18)25-9-7-24(2)8-10-25;1-14-10-25(8-7-22-14)17-4-6-20-24-18(9-21(28)27(20)13-17)16-3-5-19-23-15(2)11-26(19)12-16;1-15-12-26-13-16(3-5-19(26)23-15)18-11-21(28)27-14-17(4-6-20(27)24-18)25-9-2-7-22-8-10-25/h4-8,11-15,23H,9-10H2,1-3H3;3-6,11-14H,7-10H2,1-2H3;3-6,9,11-14,22H,7-8,10H2,1-2H3;3-6,11-14,22H,2,7-10H2,1H3/t14-,15+;;14-;/m..0./s1. The number of aromatic nitrogens is 16. The summed E-state index contributed by atoms with van der Waals surface area (Å²) in [6.45, 7) is 26.9. The highest BCUT2D eigenvalue weighted by Gasteiger charge is 2.24. The van der Waals surface area contributed by atoms with Gasteiger partial charge in [-0.15, -0.1) is 0 Å². The van der Waals surface area contributed by atoms with Crippen molar-refractivity contribution in [2.45, 2.75) is 73.0 Å². The van der Waals surface area contributed by atoms with Crippen molar-refractivity contribution in [2.24, 2.45) is 0 Å².